The second kappa shape index (κ2) is 6.70. The van der Waals surface area contributed by atoms with Gasteiger partial charge in [-0.3, -0.25) is 0 Å². The largest absolute Gasteiger partial charge is 0.306 e. The van der Waals surface area contributed by atoms with Gasteiger partial charge in [0.1, 0.15) is 5.82 Å². The minimum atomic E-state index is -0.261. The molecule has 0 aliphatic carbocycles. The van der Waals surface area contributed by atoms with E-state index in [0.717, 1.165) is 28.3 Å². The molecule has 0 aliphatic heterocycles. The standard InChI is InChI=1S/C16H16BrClFN/c1-3-20-16(11-8-7-10(2)13(18)9-11)12-5-4-6-14(19)15(12)17/h4-9,16,20H,3H2,1-2H3. The molecule has 0 aromatic heterocycles. The average Bonchev–Trinajstić information content (AvgIpc) is 2.43. The fourth-order valence-electron chi connectivity index (χ4n) is 2.14. The highest BCUT2D eigenvalue weighted by atomic mass is 79.9. The van der Waals surface area contributed by atoms with Gasteiger partial charge in [-0.2, -0.15) is 0 Å². The van der Waals surface area contributed by atoms with Crippen LogP contribution in [-0.2, 0) is 0 Å². The Bertz CT molecular complexity index is 615. The molecule has 0 amide bonds. The van der Waals surface area contributed by atoms with Crippen molar-refractivity contribution in [3.8, 4) is 0 Å². The Labute approximate surface area is 132 Å². The first-order valence-corrected chi connectivity index (χ1v) is 7.65. The van der Waals surface area contributed by atoms with Gasteiger partial charge in [0.15, 0.2) is 0 Å². The Morgan fingerprint density at radius 3 is 2.70 bits per heavy atom. The molecule has 0 heterocycles. The van der Waals surface area contributed by atoms with E-state index >= 15 is 0 Å². The third-order valence-corrected chi connectivity index (χ3v) is 4.47. The van der Waals surface area contributed by atoms with E-state index in [0.29, 0.717) is 4.47 Å². The topological polar surface area (TPSA) is 12.0 Å². The maximum Gasteiger partial charge on any atom is 0.137 e. The molecule has 2 aromatic rings. The predicted molar refractivity (Wildman–Crippen MR) is 85.8 cm³/mol. The highest BCUT2D eigenvalue weighted by Crippen LogP contribution is 2.32. The molecule has 4 heteroatoms. The molecule has 0 saturated heterocycles. The molecule has 0 spiro atoms. The van der Waals surface area contributed by atoms with Gasteiger partial charge in [-0.15, -0.1) is 0 Å². The van der Waals surface area contributed by atoms with Crippen LogP contribution in [-0.4, -0.2) is 6.54 Å². The SMILES string of the molecule is CCNC(c1ccc(C)c(Cl)c1)c1cccc(F)c1Br. The van der Waals surface area contributed by atoms with Gasteiger partial charge in [0.2, 0.25) is 0 Å². The first-order chi connectivity index (χ1) is 9.54. The normalized spacial score (nSPS) is 12.4. The summed E-state index contributed by atoms with van der Waals surface area (Å²) in [5, 5.41) is 4.09. The van der Waals surface area contributed by atoms with Gasteiger partial charge in [0, 0.05) is 5.02 Å². The monoisotopic (exact) mass is 355 g/mol. The van der Waals surface area contributed by atoms with Crippen LogP contribution in [0.1, 0.15) is 29.7 Å². The fourth-order valence-corrected chi connectivity index (χ4v) is 2.83. The molecule has 0 bridgehead atoms. The molecule has 1 unspecified atom stereocenters. The Balaban J connectivity index is 2.50. The van der Waals surface area contributed by atoms with E-state index in [1.807, 2.05) is 38.1 Å². The van der Waals surface area contributed by atoms with Crippen LogP contribution in [0.2, 0.25) is 5.02 Å². The molecule has 106 valence electrons. The lowest BCUT2D eigenvalue weighted by Gasteiger charge is -2.21. The highest BCUT2D eigenvalue weighted by Gasteiger charge is 2.18. The lowest BCUT2D eigenvalue weighted by Crippen LogP contribution is -2.22. The summed E-state index contributed by atoms with van der Waals surface area (Å²) in [5.74, 6) is -0.261. The maximum atomic E-state index is 13.7. The highest BCUT2D eigenvalue weighted by molar-refractivity contribution is 9.10. The Kier molecular flexibility index (Phi) is 5.19. The van der Waals surface area contributed by atoms with Crippen molar-refractivity contribution in [2.24, 2.45) is 0 Å². The minimum absolute atomic E-state index is 0.0943. The van der Waals surface area contributed by atoms with E-state index in [1.165, 1.54) is 6.07 Å². The third kappa shape index (κ3) is 3.22. The Morgan fingerprint density at radius 2 is 2.05 bits per heavy atom. The summed E-state index contributed by atoms with van der Waals surface area (Å²) in [5.41, 5.74) is 2.92. The van der Waals surface area contributed by atoms with Crippen molar-refractivity contribution < 1.29 is 4.39 Å². The summed E-state index contributed by atoms with van der Waals surface area (Å²) in [7, 11) is 0. The molecule has 20 heavy (non-hydrogen) atoms. The molecule has 1 nitrogen and oxygen atoms in total. The number of aryl methyl sites for hydroxylation is 1. The van der Waals surface area contributed by atoms with Crippen molar-refractivity contribution in [1.29, 1.82) is 0 Å². The zero-order chi connectivity index (χ0) is 14.7. The van der Waals surface area contributed by atoms with Crippen LogP contribution < -0.4 is 5.32 Å². The van der Waals surface area contributed by atoms with Crippen LogP contribution in [0, 0.1) is 12.7 Å². The zero-order valence-corrected chi connectivity index (χ0v) is 13.7. The summed E-state index contributed by atoms with van der Waals surface area (Å²) in [6.45, 7) is 4.77. The minimum Gasteiger partial charge on any atom is -0.306 e. The Hall–Kier alpha value is -0.900. The second-order valence-corrected chi connectivity index (χ2v) is 5.84. The lowest BCUT2D eigenvalue weighted by molar-refractivity contribution is 0.595. The van der Waals surface area contributed by atoms with Crippen LogP contribution in [0.4, 0.5) is 4.39 Å². The van der Waals surface area contributed by atoms with Gasteiger partial charge in [-0.25, -0.2) is 4.39 Å². The van der Waals surface area contributed by atoms with Gasteiger partial charge in [0.05, 0.1) is 10.5 Å². The second-order valence-electron chi connectivity index (χ2n) is 4.64. The molecule has 0 radical (unpaired) electrons. The van der Waals surface area contributed by atoms with E-state index in [-0.39, 0.29) is 11.9 Å². The average molecular weight is 357 g/mol. The quantitative estimate of drug-likeness (QED) is 0.789. The van der Waals surface area contributed by atoms with Crippen LogP contribution in [0.15, 0.2) is 40.9 Å². The van der Waals surface area contributed by atoms with Crippen LogP contribution in [0.5, 0.6) is 0 Å². The van der Waals surface area contributed by atoms with Gasteiger partial charge in [-0.1, -0.05) is 42.8 Å². The number of nitrogens with one attached hydrogen (secondary N) is 1. The number of halogens is 3. The van der Waals surface area contributed by atoms with E-state index in [1.54, 1.807) is 6.07 Å². The zero-order valence-electron chi connectivity index (χ0n) is 11.4. The first kappa shape index (κ1) is 15.5. The summed E-state index contributed by atoms with van der Waals surface area (Å²) < 4.78 is 14.2. The summed E-state index contributed by atoms with van der Waals surface area (Å²) >= 11 is 9.54. The number of benzene rings is 2. The van der Waals surface area contributed by atoms with E-state index in [4.69, 9.17) is 11.6 Å². The lowest BCUT2D eigenvalue weighted by atomic mass is 9.97. The molecule has 0 saturated carbocycles. The summed E-state index contributed by atoms with van der Waals surface area (Å²) in [4.78, 5) is 0. The fraction of sp³-hybridized carbons (Fsp3) is 0.250. The van der Waals surface area contributed by atoms with Gasteiger partial charge >= 0.3 is 0 Å². The number of rotatable bonds is 4. The van der Waals surface area contributed by atoms with Gasteiger partial charge in [0.25, 0.3) is 0 Å². The molecular formula is C16H16BrClFN. The molecule has 1 N–H and O–H groups in total. The molecular weight excluding hydrogens is 341 g/mol. The van der Waals surface area contributed by atoms with Gasteiger partial charge in [-0.05, 0) is 58.2 Å². The van der Waals surface area contributed by atoms with Crippen molar-refractivity contribution in [3.63, 3.8) is 0 Å². The summed E-state index contributed by atoms with van der Waals surface area (Å²) in [6.07, 6.45) is 0. The van der Waals surface area contributed by atoms with Crippen LogP contribution in [0.25, 0.3) is 0 Å². The number of hydrogen-bond donors (Lipinski definition) is 1. The smallest absolute Gasteiger partial charge is 0.137 e. The molecule has 1 atom stereocenters. The van der Waals surface area contributed by atoms with Crippen LogP contribution in [0.3, 0.4) is 0 Å². The van der Waals surface area contributed by atoms with Gasteiger partial charge < -0.3 is 5.32 Å². The molecule has 0 fully saturated rings. The van der Waals surface area contributed by atoms with E-state index < -0.39 is 0 Å². The maximum absolute atomic E-state index is 13.7. The number of hydrogen-bond acceptors (Lipinski definition) is 1. The van der Waals surface area contributed by atoms with Crippen molar-refractivity contribution >= 4 is 27.5 Å². The molecule has 0 aliphatic rings. The van der Waals surface area contributed by atoms with E-state index in [9.17, 15) is 4.39 Å². The Morgan fingerprint density at radius 1 is 1.30 bits per heavy atom. The summed E-state index contributed by atoms with van der Waals surface area (Å²) in [6, 6.07) is 10.9. The van der Waals surface area contributed by atoms with E-state index in [2.05, 4.69) is 21.2 Å². The first-order valence-electron chi connectivity index (χ1n) is 6.48. The van der Waals surface area contributed by atoms with Crippen LogP contribution >= 0.6 is 27.5 Å². The third-order valence-electron chi connectivity index (χ3n) is 3.23. The van der Waals surface area contributed by atoms with Crippen molar-refractivity contribution in [2.45, 2.75) is 19.9 Å². The molecule has 2 aromatic carbocycles. The molecule has 2 rings (SSSR count). The van der Waals surface area contributed by atoms with Crippen molar-refractivity contribution in [2.75, 3.05) is 6.54 Å². The van der Waals surface area contributed by atoms with Crippen molar-refractivity contribution in [3.05, 3.63) is 68.4 Å². The van der Waals surface area contributed by atoms with Crippen molar-refractivity contribution in [1.82, 2.24) is 5.32 Å². The predicted octanol–water partition coefficient (Wildman–Crippen LogP) is 5.25.